The monoisotopic (exact) mass is 226 g/mol. The van der Waals surface area contributed by atoms with Crippen LogP contribution in [-0.2, 0) is 0 Å². The van der Waals surface area contributed by atoms with Crippen LogP contribution < -0.4 is 5.32 Å². The van der Waals surface area contributed by atoms with Gasteiger partial charge in [0.1, 0.15) is 5.82 Å². The lowest BCUT2D eigenvalue weighted by Crippen LogP contribution is -1.94. The van der Waals surface area contributed by atoms with Crippen molar-refractivity contribution in [3.63, 3.8) is 0 Å². The molecule has 2 nitrogen and oxygen atoms in total. The maximum atomic E-state index is 12.9. The van der Waals surface area contributed by atoms with Crippen molar-refractivity contribution in [3.8, 4) is 6.07 Å². The lowest BCUT2D eigenvalue weighted by Gasteiger charge is -2.09. The zero-order chi connectivity index (χ0) is 12.3. The number of hydrogen-bond donors (Lipinski definition) is 1. The molecule has 0 bridgehead atoms. The molecule has 2 aromatic carbocycles. The third-order valence-electron chi connectivity index (χ3n) is 2.46. The topological polar surface area (TPSA) is 35.8 Å². The predicted octanol–water partition coefficient (Wildman–Crippen LogP) is 3.75. The fraction of sp³-hybridized carbons (Fsp3) is 0.0714. The van der Waals surface area contributed by atoms with Gasteiger partial charge in [-0.1, -0.05) is 6.07 Å². The second kappa shape index (κ2) is 4.67. The molecule has 3 heteroatoms. The van der Waals surface area contributed by atoms with E-state index in [2.05, 4.69) is 11.4 Å². The van der Waals surface area contributed by atoms with Crippen LogP contribution >= 0.6 is 0 Å². The second-order valence-corrected chi connectivity index (χ2v) is 3.78. The van der Waals surface area contributed by atoms with Crippen LogP contribution in [0.2, 0.25) is 0 Å². The highest BCUT2D eigenvalue weighted by Crippen LogP contribution is 2.21. The van der Waals surface area contributed by atoms with Gasteiger partial charge in [-0.25, -0.2) is 4.39 Å². The third-order valence-corrected chi connectivity index (χ3v) is 2.46. The van der Waals surface area contributed by atoms with E-state index in [0.29, 0.717) is 5.56 Å². The Kier molecular flexibility index (Phi) is 3.06. The molecule has 0 radical (unpaired) electrons. The lowest BCUT2D eigenvalue weighted by molar-refractivity contribution is 0.627. The van der Waals surface area contributed by atoms with Crippen LogP contribution in [0.15, 0.2) is 42.5 Å². The van der Waals surface area contributed by atoms with Crippen molar-refractivity contribution in [3.05, 3.63) is 59.4 Å². The molecule has 2 rings (SSSR count). The van der Waals surface area contributed by atoms with Crippen LogP contribution in [0.3, 0.4) is 0 Å². The van der Waals surface area contributed by atoms with Crippen LogP contribution in [0.25, 0.3) is 0 Å². The first kappa shape index (κ1) is 11.2. The van der Waals surface area contributed by atoms with Gasteiger partial charge in [-0.3, -0.25) is 0 Å². The fourth-order valence-corrected chi connectivity index (χ4v) is 1.59. The molecule has 0 heterocycles. The Morgan fingerprint density at radius 2 is 2.00 bits per heavy atom. The summed E-state index contributed by atoms with van der Waals surface area (Å²) in [5.41, 5.74) is 3.07. The number of anilines is 2. The first-order valence-electron chi connectivity index (χ1n) is 5.22. The standard InChI is InChI=1S/C14H11FN2/c1-10-7-12(15)5-6-14(10)17-13-4-2-3-11(8-13)9-16/h2-8,17H,1H3. The summed E-state index contributed by atoms with van der Waals surface area (Å²) in [6.07, 6.45) is 0. The van der Waals surface area contributed by atoms with Crippen molar-refractivity contribution < 1.29 is 4.39 Å². The van der Waals surface area contributed by atoms with Crippen molar-refractivity contribution >= 4 is 11.4 Å². The molecule has 0 unspecified atom stereocenters. The molecular weight excluding hydrogens is 215 g/mol. The molecule has 17 heavy (non-hydrogen) atoms. The van der Waals surface area contributed by atoms with Crippen molar-refractivity contribution in [2.45, 2.75) is 6.92 Å². The van der Waals surface area contributed by atoms with Crippen molar-refractivity contribution in [1.82, 2.24) is 0 Å². The first-order valence-corrected chi connectivity index (χ1v) is 5.22. The van der Waals surface area contributed by atoms with Gasteiger partial charge in [-0.05, 0) is 48.9 Å². The number of hydrogen-bond acceptors (Lipinski definition) is 2. The number of aryl methyl sites for hydroxylation is 1. The van der Waals surface area contributed by atoms with Gasteiger partial charge in [0.05, 0.1) is 11.6 Å². The minimum atomic E-state index is -0.251. The summed E-state index contributed by atoms with van der Waals surface area (Å²) in [5, 5.41) is 11.9. The smallest absolute Gasteiger partial charge is 0.123 e. The Bertz CT molecular complexity index is 585. The van der Waals surface area contributed by atoms with E-state index in [-0.39, 0.29) is 5.82 Å². The predicted molar refractivity (Wildman–Crippen MR) is 65.6 cm³/mol. The van der Waals surface area contributed by atoms with Crippen molar-refractivity contribution in [2.24, 2.45) is 0 Å². The highest BCUT2D eigenvalue weighted by Gasteiger charge is 2.01. The number of nitrogens with one attached hydrogen (secondary N) is 1. The summed E-state index contributed by atoms with van der Waals surface area (Å²) in [7, 11) is 0. The van der Waals surface area contributed by atoms with Gasteiger partial charge < -0.3 is 5.32 Å². The minimum Gasteiger partial charge on any atom is -0.355 e. The van der Waals surface area contributed by atoms with E-state index in [1.165, 1.54) is 12.1 Å². The molecule has 0 amide bonds. The summed E-state index contributed by atoms with van der Waals surface area (Å²) in [5.74, 6) is -0.251. The maximum absolute atomic E-state index is 12.9. The average Bonchev–Trinajstić information content (AvgIpc) is 2.33. The third kappa shape index (κ3) is 2.61. The normalized spacial score (nSPS) is 9.71. The van der Waals surface area contributed by atoms with Crippen molar-refractivity contribution in [2.75, 3.05) is 5.32 Å². The molecular formula is C14H11FN2. The number of nitrogens with zero attached hydrogens (tertiary/aromatic N) is 1. The lowest BCUT2D eigenvalue weighted by atomic mass is 10.1. The molecule has 1 N–H and O–H groups in total. The van der Waals surface area contributed by atoms with Gasteiger partial charge in [-0.2, -0.15) is 5.26 Å². The Morgan fingerprint density at radius 1 is 1.18 bits per heavy atom. The molecule has 0 aliphatic rings. The fourth-order valence-electron chi connectivity index (χ4n) is 1.59. The van der Waals surface area contributed by atoms with E-state index < -0.39 is 0 Å². The summed E-state index contributed by atoms with van der Waals surface area (Å²) in [6.45, 7) is 1.83. The van der Waals surface area contributed by atoms with Gasteiger partial charge in [0.15, 0.2) is 0 Å². The zero-order valence-electron chi connectivity index (χ0n) is 9.37. The SMILES string of the molecule is Cc1cc(F)ccc1Nc1cccc(C#N)c1. The van der Waals surface area contributed by atoms with Gasteiger partial charge in [0.2, 0.25) is 0 Å². The van der Waals surface area contributed by atoms with Gasteiger partial charge in [0, 0.05) is 11.4 Å². The second-order valence-electron chi connectivity index (χ2n) is 3.78. The van der Waals surface area contributed by atoms with Crippen LogP contribution in [0.4, 0.5) is 15.8 Å². The van der Waals surface area contributed by atoms with Crippen LogP contribution in [0, 0.1) is 24.1 Å². The zero-order valence-corrected chi connectivity index (χ0v) is 9.37. The Balaban J connectivity index is 2.28. The van der Waals surface area contributed by atoms with Gasteiger partial charge in [-0.15, -0.1) is 0 Å². The van der Waals surface area contributed by atoms with Gasteiger partial charge >= 0.3 is 0 Å². The highest BCUT2D eigenvalue weighted by molar-refractivity contribution is 5.64. The minimum absolute atomic E-state index is 0.251. The van der Waals surface area contributed by atoms with E-state index in [4.69, 9.17) is 5.26 Å². The summed E-state index contributed by atoms with van der Waals surface area (Å²) < 4.78 is 12.9. The van der Waals surface area contributed by atoms with E-state index in [1.54, 1.807) is 24.3 Å². The quantitative estimate of drug-likeness (QED) is 0.846. The molecule has 0 aliphatic carbocycles. The van der Waals surface area contributed by atoms with Crippen molar-refractivity contribution in [1.29, 1.82) is 5.26 Å². The van der Waals surface area contributed by atoms with Crippen LogP contribution in [0.5, 0.6) is 0 Å². The molecule has 0 fully saturated rings. The molecule has 84 valence electrons. The van der Waals surface area contributed by atoms with E-state index in [0.717, 1.165) is 16.9 Å². The van der Waals surface area contributed by atoms with E-state index >= 15 is 0 Å². The highest BCUT2D eigenvalue weighted by atomic mass is 19.1. The number of benzene rings is 2. The summed E-state index contributed by atoms with van der Waals surface area (Å²) >= 11 is 0. The maximum Gasteiger partial charge on any atom is 0.123 e. The van der Waals surface area contributed by atoms with Crippen LogP contribution in [-0.4, -0.2) is 0 Å². The van der Waals surface area contributed by atoms with Crippen LogP contribution in [0.1, 0.15) is 11.1 Å². The van der Waals surface area contributed by atoms with E-state index in [9.17, 15) is 4.39 Å². The Labute approximate surface area is 99.3 Å². The van der Waals surface area contributed by atoms with E-state index in [1.807, 2.05) is 13.0 Å². The molecule has 0 aromatic heterocycles. The average molecular weight is 226 g/mol. The molecule has 2 aromatic rings. The number of nitriles is 1. The molecule has 0 atom stereocenters. The molecule has 0 saturated carbocycles. The Hall–Kier alpha value is -2.34. The molecule has 0 aliphatic heterocycles. The summed E-state index contributed by atoms with van der Waals surface area (Å²) in [4.78, 5) is 0. The molecule has 0 saturated heterocycles. The Morgan fingerprint density at radius 3 is 2.71 bits per heavy atom. The largest absolute Gasteiger partial charge is 0.355 e. The summed E-state index contributed by atoms with van der Waals surface area (Å²) in [6, 6.07) is 13.8. The van der Waals surface area contributed by atoms with Gasteiger partial charge in [0.25, 0.3) is 0 Å². The first-order chi connectivity index (χ1) is 8.19. The number of rotatable bonds is 2. The molecule has 0 spiro atoms. The number of halogens is 1.